The Morgan fingerprint density at radius 2 is 1.25 bits per heavy atom. The lowest BCUT2D eigenvalue weighted by atomic mass is 9.77. The van der Waals surface area contributed by atoms with Gasteiger partial charge in [0.25, 0.3) is 0 Å². The highest BCUT2D eigenvalue weighted by atomic mass is 33.1. The van der Waals surface area contributed by atoms with Crippen molar-refractivity contribution in [3.8, 4) is 28.7 Å². The maximum atomic E-state index is 15.4. The number of aliphatic hydroxyl groups excluding tert-OH is 2. The van der Waals surface area contributed by atoms with Crippen LogP contribution in [0, 0.1) is 0 Å². The van der Waals surface area contributed by atoms with Crippen LogP contribution in [0.25, 0.3) is 10.9 Å². The fraction of sp³-hybridized carbons (Fsp3) is 0.355. The Morgan fingerprint density at radius 3 is 1.92 bits per heavy atom. The molecule has 10 rings (SSSR count). The summed E-state index contributed by atoms with van der Waals surface area (Å²) in [5.74, 6) is -11.1. The van der Waals surface area contributed by atoms with Crippen molar-refractivity contribution in [1.29, 1.82) is 0 Å². The molecule has 0 bridgehead atoms. The number of amides is 8. The maximum absolute atomic E-state index is 15.4. The Hall–Kier alpha value is -10.9. The number of esters is 1. The van der Waals surface area contributed by atoms with E-state index in [-0.39, 0.29) is 96.8 Å². The number of aromatic hydroxyl groups is 3. The normalized spacial score (nSPS) is 20.3. The number of carboxylic acid groups (broad SMARTS) is 1. The number of nitrogens with zero attached hydrogens (tertiary/aromatic N) is 1. The summed E-state index contributed by atoms with van der Waals surface area (Å²) in [7, 11) is 1.69. The third-order valence-electron chi connectivity index (χ3n) is 18.7. The number of rotatable bonds is 25. The van der Waals surface area contributed by atoms with Crippen molar-refractivity contribution in [1.82, 2.24) is 47.5 Å². The number of aromatic amines is 1. The van der Waals surface area contributed by atoms with E-state index < -0.39 is 143 Å². The van der Waals surface area contributed by atoms with Crippen LogP contribution in [0.4, 0.5) is 5.69 Å². The number of nitrogens with two attached hydrogens (primary N) is 2. The Morgan fingerprint density at radius 1 is 0.645 bits per heavy atom. The fourth-order valence-electron chi connectivity index (χ4n) is 13.0. The van der Waals surface area contributed by atoms with Gasteiger partial charge in [-0.25, -0.2) is 14.6 Å². The lowest BCUT2D eigenvalue weighted by Crippen LogP contribution is -2.62. The molecule has 110 heavy (non-hydrogen) atoms. The number of phenolic OH excluding ortho intramolecular Hbond substituents is 3. The van der Waals surface area contributed by atoms with Crippen LogP contribution in [-0.4, -0.2) is 191 Å². The van der Waals surface area contributed by atoms with Gasteiger partial charge >= 0.3 is 11.9 Å². The Bertz CT molecular complexity index is 4520. The maximum Gasteiger partial charge on any atom is 0.340 e. The Kier molecular flexibility index (Phi) is 27.8. The number of aliphatic imine (C=N–C) groups is 1. The summed E-state index contributed by atoms with van der Waals surface area (Å²) in [6.07, 6.45) is -1.03. The first-order valence-corrected chi connectivity index (χ1v) is 38.5. The molecule has 8 amide bonds. The van der Waals surface area contributed by atoms with Crippen molar-refractivity contribution in [3.63, 3.8) is 0 Å². The minimum atomic E-state index is -1.91. The molecule has 1 unspecified atom stereocenters. The molecule has 34 heteroatoms. The van der Waals surface area contributed by atoms with Crippen LogP contribution in [-0.2, 0) is 72.8 Å². The van der Waals surface area contributed by atoms with Crippen LogP contribution in [0.1, 0.15) is 96.1 Å². The number of ether oxygens (including phenoxy) is 2. The average molecular weight is 1570 g/mol. The summed E-state index contributed by atoms with van der Waals surface area (Å²) >= 11 is 4.67. The largest absolute Gasteiger partial charge is 0.508 e. The van der Waals surface area contributed by atoms with Gasteiger partial charge in [-0.05, 0) is 137 Å². The second-order valence-corrected chi connectivity index (χ2v) is 29.8. The molecule has 1 spiro atoms. The first kappa shape index (κ1) is 81.6. The number of amidine groups is 1. The van der Waals surface area contributed by atoms with Gasteiger partial charge in [0.2, 0.25) is 47.3 Å². The van der Waals surface area contributed by atoms with Crippen molar-refractivity contribution >= 4 is 115 Å². The smallest absolute Gasteiger partial charge is 0.340 e. The molecule has 7 aromatic rings. The molecule has 4 heterocycles. The zero-order valence-electron chi connectivity index (χ0n) is 59.8. The van der Waals surface area contributed by atoms with E-state index >= 15 is 24.0 Å². The monoisotopic (exact) mass is 1570 g/mol. The summed E-state index contributed by atoms with van der Waals surface area (Å²) in [6, 6.07) is 20.3. The van der Waals surface area contributed by atoms with E-state index in [1.54, 1.807) is 85.1 Å². The van der Waals surface area contributed by atoms with Crippen molar-refractivity contribution in [2.24, 2.45) is 16.5 Å². The molecule has 6 aromatic carbocycles. The summed E-state index contributed by atoms with van der Waals surface area (Å²) in [6.45, 7) is 2.70. The van der Waals surface area contributed by atoms with E-state index in [0.29, 0.717) is 63.5 Å². The Labute approximate surface area is 644 Å². The molecule has 1 saturated heterocycles. The zero-order valence-corrected chi connectivity index (χ0v) is 62.3. The van der Waals surface area contributed by atoms with Gasteiger partial charge in [-0.3, -0.25) is 38.4 Å². The van der Waals surface area contributed by atoms with Gasteiger partial charge < -0.3 is 104 Å². The summed E-state index contributed by atoms with van der Waals surface area (Å²) < 4.78 is 12.4. The molecule has 20 N–H and O–H groups in total. The number of para-hydroxylation sites is 1. The number of aliphatic carboxylic acids is 1. The van der Waals surface area contributed by atoms with Crippen molar-refractivity contribution in [2.75, 3.05) is 29.9 Å². The average Bonchev–Trinajstić information content (AvgIpc) is 1.53. The number of thiol groups is 1. The second-order valence-electron chi connectivity index (χ2n) is 26.8. The number of carbonyl (C=O) groups excluding carboxylic acids is 9. The topological polar surface area (TPSA) is 499 Å². The van der Waals surface area contributed by atoms with Crippen LogP contribution in [0.5, 0.6) is 28.7 Å². The molecular weight excluding hydrogens is 1480 g/mol. The molecular formula is C76H87N13O18S3. The van der Waals surface area contributed by atoms with Gasteiger partial charge in [0, 0.05) is 82.4 Å². The van der Waals surface area contributed by atoms with E-state index in [4.69, 9.17) is 20.9 Å². The van der Waals surface area contributed by atoms with E-state index in [9.17, 15) is 54.6 Å². The number of fused-ring (bicyclic) bond motifs is 7. The van der Waals surface area contributed by atoms with Gasteiger partial charge in [-0.2, -0.15) is 0 Å². The first-order chi connectivity index (χ1) is 52.7. The number of carbonyl (C=O) groups is 10. The molecule has 582 valence electrons. The standard InChI is InChI=1S/C76H87N13O18S3/c1-39(90)63-72(102)86-60(71(101)89-64(40(2)91)73(103)104)38-110-109-37-59(70(100)83-57(31-42-18-21-45(92)22-19-42)67(97)84-58(32-43-36-79-53-15-7-6-14-48(43)53)69(99)81-54(66(96)88-63)16-8-10-28-77)85-68(98)56(30-41-12-4-3-5-13-41)82-65(95)55(17-9-11-29-78)87-75(108)80-44-20-25-50-49(33-44)74(105)107-76(50)51-26-23-46(93)34-61(51)106-62-35-47(94)24-27-52(62)76/h3-7,12-15,18-27,33-36,39-40,54-60,63-64,79,90-94H,8-11,16-17,28-32,37-38,77-78H2,1-2H3,(H,81,99)(H,82,95)(H,83,100)(H,84,97)(H,85,98)(H,86,102)(H,88,96)(H,89,101)(H,103,104)(H2,80,87,108)/t39-,40-,54+,55?,56-,57+,58-,59+,60-,63-,64+/m1/s1. The molecule has 1 aromatic heterocycles. The lowest BCUT2D eigenvalue weighted by Gasteiger charge is -2.36. The summed E-state index contributed by atoms with van der Waals surface area (Å²) in [5, 5.41) is 87.5. The molecule has 1 fully saturated rings. The number of hydrogen-bond acceptors (Lipinski definition) is 22. The van der Waals surface area contributed by atoms with Gasteiger partial charge in [0.1, 0.15) is 77.1 Å². The van der Waals surface area contributed by atoms with E-state index in [1.165, 1.54) is 61.5 Å². The third-order valence-corrected chi connectivity index (χ3v) is 21.4. The number of carboxylic acids is 1. The molecule has 11 atom stereocenters. The zero-order chi connectivity index (χ0) is 78.9. The molecule has 0 radical (unpaired) electrons. The lowest BCUT2D eigenvalue weighted by molar-refractivity contribution is -0.145. The van der Waals surface area contributed by atoms with Gasteiger partial charge in [-0.15, -0.1) is 12.6 Å². The SMILES string of the molecule is C[C@@H](O)[C@H](NC(=O)[C@H]1CSSC[C@H](NC(=O)[C@@H](Cc2ccccc2)NC(=O)C(CCCCN)N=C(S)Nc2ccc3c(c2)C(=O)OC32c3ccc(O)cc3Oc3cc(O)ccc32)C(=O)N[C@@H](Cc2ccc(O)cc2)C(=O)N[C@H](Cc2c[nH]c3ccccc23)C(=O)N[C@@H](CCCCN)C(=O)N[C@H]([C@@H](C)O)C(=O)N1)C(=O)O. The predicted molar refractivity (Wildman–Crippen MR) is 413 cm³/mol. The van der Waals surface area contributed by atoms with Crippen LogP contribution in [0.2, 0.25) is 0 Å². The first-order valence-electron chi connectivity index (χ1n) is 35.5. The molecule has 3 aliphatic heterocycles. The highest BCUT2D eigenvalue weighted by Crippen LogP contribution is 2.57. The number of benzene rings is 6. The van der Waals surface area contributed by atoms with Crippen LogP contribution in [0.15, 0.2) is 145 Å². The number of nitrogens with one attached hydrogen (secondary N) is 10. The fourth-order valence-corrected chi connectivity index (χ4v) is 15.6. The number of hydrogen-bond donors (Lipinski definition) is 19. The Balaban J connectivity index is 0.986. The quantitative estimate of drug-likeness (QED) is 0.00976. The number of anilines is 1. The number of aliphatic hydroxyl groups is 2. The molecule has 3 aliphatic rings. The molecule has 0 saturated carbocycles. The number of phenols is 3. The minimum absolute atomic E-state index is 0.0618. The van der Waals surface area contributed by atoms with Gasteiger partial charge in [-0.1, -0.05) is 88.3 Å². The van der Waals surface area contributed by atoms with Crippen molar-refractivity contribution in [2.45, 2.75) is 144 Å². The summed E-state index contributed by atoms with van der Waals surface area (Å²) in [5.41, 5.74) is 14.0. The van der Waals surface area contributed by atoms with Crippen molar-refractivity contribution in [3.05, 3.63) is 179 Å². The van der Waals surface area contributed by atoms with E-state index in [2.05, 4.69) is 70.5 Å². The predicted octanol–water partition coefficient (Wildman–Crippen LogP) is 3.02. The second kappa shape index (κ2) is 37.5. The van der Waals surface area contributed by atoms with Gasteiger partial charge in [0.15, 0.2) is 16.8 Å². The molecule has 31 nitrogen and oxygen atoms in total. The van der Waals surface area contributed by atoms with E-state index in [1.807, 2.05) is 0 Å². The summed E-state index contributed by atoms with van der Waals surface area (Å²) in [4.78, 5) is 154. The van der Waals surface area contributed by atoms with Crippen molar-refractivity contribution < 1.29 is 88.1 Å². The van der Waals surface area contributed by atoms with Crippen LogP contribution < -0.4 is 64.1 Å². The number of unbranched alkanes of at least 4 members (excludes halogenated alkanes) is 2. The van der Waals surface area contributed by atoms with Crippen LogP contribution in [0.3, 0.4) is 0 Å². The van der Waals surface area contributed by atoms with Gasteiger partial charge in [0.05, 0.1) is 17.8 Å². The van der Waals surface area contributed by atoms with E-state index in [0.717, 1.165) is 28.5 Å². The number of H-pyrrole nitrogens is 1. The highest BCUT2D eigenvalue weighted by molar-refractivity contribution is 8.76. The highest BCUT2D eigenvalue weighted by Gasteiger charge is 2.54. The van der Waals surface area contributed by atoms with Crippen LogP contribution >= 0.6 is 34.2 Å². The molecule has 0 aliphatic carbocycles. The number of aromatic nitrogens is 1. The third kappa shape index (κ3) is 20.3. The minimum Gasteiger partial charge on any atom is -0.508 e.